The molecule has 51 heavy (non-hydrogen) atoms. The number of quaternary nitrogens is 1. The fourth-order valence-electron chi connectivity index (χ4n) is 5.06. The molecule has 1 aliphatic rings. The molecule has 3 rings (SSSR count). The average molecular weight is 794 g/mol. The van der Waals surface area contributed by atoms with Crippen LogP contribution < -0.4 is 10.2 Å². The van der Waals surface area contributed by atoms with Crippen LogP contribution >= 0.6 is 23.8 Å². The van der Waals surface area contributed by atoms with E-state index < -0.39 is 29.5 Å². The number of hydrogen-bond acceptors (Lipinski definition) is 9. The second-order valence-electron chi connectivity index (χ2n) is 13.9. The molecule has 1 aliphatic heterocycles. The molecule has 2 unspecified atom stereocenters. The van der Waals surface area contributed by atoms with E-state index in [1.54, 1.807) is 18.7 Å². The van der Waals surface area contributed by atoms with Gasteiger partial charge in [-0.3, -0.25) is 28.2 Å². The molecule has 2 aromatic rings. The molecule has 2 amide bonds. The summed E-state index contributed by atoms with van der Waals surface area (Å²) in [5.74, 6) is 4.44. The number of benzene rings is 2. The number of hydrogen-bond donors (Lipinski definition) is 2. The minimum Gasteiger partial charge on any atom is -0.463 e. The number of carbonyl (C=O) groups is 4. The number of esters is 2. The first-order chi connectivity index (χ1) is 23.8. The quantitative estimate of drug-likeness (QED) is 0.0557. The van der Waals surface area contributed by atoms with Gasteiger partial charge in [-0.05, 0) is 51.0 Å². The monoisotopic (exact) mass is 792 g/mol. The van der Waals surface area contributed by atoms with Crippen molar-refractivity contribution < 1.29 is 51.6 Å². The lowest BCUT2D eigenvalue weighted by Gasteiger charge is -2.30. The van der Waals surface area contributed by atoms with Crippen molar-refractivity contribution >= 4 is 53.2 Å². The Hall–Kier alpha value is -3.57. The molecule has 15 heteroatoms. The third-order valence-electron chi connectivity index (χ3n) is 7.74. The summed E-state index contributed by atoms with van der Waals surface area (Å²) in [6, 6.07) is 15.0. The first kappa shape index (κ1) is 41.8. The average Bonchev–Trinajstić information content (AvgIpc) is 3.03. The van der Waals surface area contributed by atoms with Gasteiger partial charge in [-0.25, -0.2) is 4.57 Å². The van der Waals surface area contributed by atoms with Gasteiger partial charge in [-0.15, -0.1) is 0 Å². The number of fused-ring (bicyclic) bond motifs is 2. The van der Waals surface area contributed by atoms with Gasteiger partial charge in [0.2, 0.25) is 11.8 Å². The van der Waals surface area contributed by atoms with Crippen LogP contribution in [-0.4, -0.2) is 98.1 Å². The van der Waals surface area contributed by atoms with Crippen molar-refractivity contribution in [3.8, 4) is 11.8 Å². The molecule has 0 aromatic heterocycles. The summed E-state index contributed by atoms with van der Waals surface area (Å²) >= 11 is 3.33. The lowest BCUT2D eigenvalue weighted by molar-refractivity contribution is -0.870. The Morgan fingerprint density at radius 2 is 1.49 bits per heavy atom. The van der Waals surface area contributed by atoms with E-state index in [4.69, 9.17) is 18.5 Å². The summed E-state index contributed by atoms with van der Waals surface area (Å²) in [5.41, 5.74) is 2.04. The highest BCUT2D eigenvalue weighted by Gasteiger charge is 2.42. The molecule has 0 radical (unpaired) electrons. The maximum atomic E-state index is 13.4. The van der Waals surface area contributed by atoms with Crippen molar-refractivity contribution in [2.24, 2.45) is 5.41 Å². The summed E-state index contributed by atoms with van der Waals surface area (Å²) in [4.78, 5) is 63.1. The molecular weight excluding hydrogens is 745 g/mol. The Morgan fingerprint density at radius 3 is 2.20 bits per heavy atom. The molecule has 0 bridgehead atoms. The van der Waals surface area contributed by atoms with Crippen molar-refractivity contribution in [3.63, 3.8) is 0 Å². The van der Waals surface area contributed by atoms with Gasteiger partial charge in [0.15, 0.2) is 0 Å². The van der Waals surface area contributed by atoms with Crippen LogP contribution in [0.5, 0.6) is 0 Å². The molecule has 0 saturated heterocycles. The van der Waals surface area contributed by atoms with Crippen molar-refractivity contribution in [2.75, 3.05) is 65.6 Å². The minimum atomic E-state index is -4.30. The number of nitrogens with one attached hydrogen (secondary N) is 1. The predicted molar refractivity (Wildman–Crippen MR) is 195 cm³/mol. The van der Waals surface area contributed by atoms with Gasteiger partial charge < -0.3 is 29.1 Å². The molecule has 0 spiro atoms. The van der Waals surface area contributed by atoms with Gasteiger partial charge in [-0.2, -0.15) is 0 Å². The number of alkyl halides is 1. The second-order valence-corrected chi connectivity index (χ2v) is 17.1. The number of anilines is 1. The van der Waals surface area contributed by atoms with E-state index in [0.717, 1.165) is 16.7 Å². The smallest absolute Gasteiger partial charge is 0.463 e. The molecule has 2 N–H and O–H groups in total. The van der Waals surface area contributed by atoms with Crippen molar-refractivity contribution in [3.05, 3.63) is 65.2 Å². The normalized spacial score (nSPS) is 14.9. The number of amides is 2. The lowest BCUT2D eigenvalue weighted by atomic mass is 9.83. The van der Waals surface area contributed by atoms with Crippen LogP contribution in [0.25, 0.3) is 0 Å². The van der Waals surface area contributed by atoms with Crippen molar-refractivity contribution in [1.82, 2.24) is 5.32 Å². The largest absolute Gasteiger partial charge is 0.472 e. The summed E-state index contributed by atoms with van der Waals surface area (Å²) in [6.07, 6.45) is -0.0905. The van der Waals surface area contributed by atoms with Crippen molar-refractivity contribution in [1.29, 1.82) is 0 Å². The first-order valence-corrected chi connectivity index (χ1v) is 18.8. The SMILES string of the molecule is CC(C)(CC(C)(Br)C(=O)OCCOP(=O)(O)OCC[N+](C)(C)C)C(=O)OCCNC(=O)CCC(=O)N1Cc2ccccc2C#Cc2ccccc21. The highest BCUT2D eigenvalue weighted by Crippen LogP contribution is 2.43. The fraction of sp³-hybridized carbons (Fsp3) is 0.500. The van der Waals surface area contributed by atoms with Crippen LogP contribution in [0.4, 0.5) is 5.69 Å². The lowest BCUT2D eigenvalue weighted by Crippen LogP contribution is -2.40. The van der Waals surface area contributed by atoms with E-state index in [9.17, 15) is 28.6 Å². The molecule has 2 atom stereocenters. The maximum Gasteiger partial charge on any atom is 0.472 e. The van der Waals surface area contributed by atoms with Crippen molar-refractivity contribution in [2.45, 2.75) is 50.9 Å². The second kappa shape index (κ2) is 18.3. The van der Waals surface area contributed by atoms with E-state index >= 15 is 0 Å². The van der Waals surface area contributed by atoms with Gasteiger partial charge in [0, 0.05) is 24.0 Å². The molecule has 13 nitrogen and oxygen atoms in total. The summed E-state index contributed by atoms with van der Waals surface area (Å²) < 4.78 is 31.6. The Bertz CT molecular complexity index is 1680. The van der Waals surface area contributed by atoms with Gasteiger partial charge in [0.05, 0.1) is 51.9 Å². The molecular formula is C36H48BrN3O10P+. The number of phosphoric ester groups is 1. The molecule has 278 valence electrons. The molecule has 0 fully saturated rings. The van der Waals surface area contributed by atoms with E-state index in [1.807, 2.05) is 69.7 Å². The van der Waals surface area contributed by atoms with Crippen LogP contribution in [-0.2, 0) is 48.8 Å². The minimum absolute atomic E-state index is 0.00463. The Labute approximate surface area is 308 Å². The Balaban J connectivity index is 1.39. The topological polar surface area (TPSA) is 158 Å². The number of phosphoric acid groups is 1. The van der Waals surface area contributed by atoms with Crippen LogP contribution in [0.3, 0.4) is 0 Å². The zero-order valence-corrected chi connectivity index (χ0v) is 32.5. The third-order valence-corrected chi connectivity index (χ3v) is 9.36. The number of likely N-dealkylation sites (N-methyl/N-ethyl adjacent to an activating group) is 1. The third kappa shape index (κ3) is 13.8. The zero-order valence-electron chi connectivity index (χ0n) is 30.0. The Kier molecular flexibility index (Phi) is 15.0. The number of halogens is 1. The number of nitrogens with zero attached hydrogens (tertiary/aromatic N) is 2. The predicted octanol–water partition coefficient (Wildman–Crippen LogP) is 4.33. The van der Waals surface area contributed by atoms with Gasteiger partial charge >= 0.3 is 19.8 Å². The summed E-state index contributed by atoms with van der Waals surface area (Å²) in [7, 11) is 1.42. The summed E-state index contributed by atoms with van der Waals surface area (Å²) in [5, 5.41) is 2.68. The van der Waals surface area contributed by atoms with Gasteiger partial charge in [0.1, 0.15) is 30.7 Å². The van der Waals surface area contributed by atoms with Crippen LogP contribution in [0.15, 0.2) is 48.5 Å². The maximum absolute atomic E-state index is 13.4. The van der Waals surface area contributed by atoms with E-state index in [0.29, 0.717) is 23.3 Å². The fourth-order valence-corrected chi connectivity index (χ4v) is 6.57. The number of para-hydroxylation sites is 1. The highest BCUT2D eigenvalue weighted by molar-refractivity contribution is 9.10. The first-order valence-electron chi connectivity index (χ1n) is 16.5. The summed E-state index contributed by atoms with van der Waals surface area (Å²) in [6.45, 7) is 4.82. The van der Waals surface area contributed by atoms with Gasteiger partial charge in [-0.1, -0.05) is 58.1 Å². The van der Waals surface area contributed by atoms with Crippen LogP contribution in [0, 0.1) is 17.3 Å². The number of carbonyl (C=O) groups excluding carboxylic acids is 4. The Morgan fingerprint density at radius 1 is 0.882 bits per heavy atom. The molecule has 0 saturated carbocycles. The van der Waals surface area contributed by atoms with Gasteiger partial charge in [0.25, 0.3) is 0 Å². The van der Waals surface area contributed by atoms with E-state index in [-0.39, 0.29) is 64.0 Å². The number of rotatable bonds is 18. The molecule has 0 aliphatic carbocycles. The van der Waals surface area contributed by atoms with Crippen LogP contribution in [0.2, 0.25) is 0 Å². The molecule has 2 aromatic carbocycles. The number of ether oxygens (including phenoxy) is 2. The van der Waals surface area contributed by atoms with E-state index in [1.165, 1.54) is 6.92 Å². The molecule has 1 heterocycles. The van der Waals surface area contributed by atoms with Crippen LogP contribution in [0.1, 0.15) is 56.7 Å². The highest BCUT2D eigenvalue weighted by atomic mass is 79.9. The zero-order chi connectivity index (χ0) is 37.9. The van der Waals surface area contributed by atoms with E-state index in [2.05, 4.69) is 33.1 Å². The standard InChI is InChI=1S/C36H47BrN3O10P/c1-35(2,26-36(3,37)34(44)48-23-24-50-51(45,46)49-22-20-40(4,5)6)33(43)47-21-19-38-31(41)17-18-32(42)39-25-29-13-8-7-11-27(29)15-16-28-12-9-10-14-30(28)39/h7-14H,17-26H2,1-6H3,(H-,38,41,45,46)/p+1.